The molecule has 3 aromatic carbocycles. The first kappa shape index (κ1) is 31.7. The topological polar surface area (TPSA) is 83.0 Å². The van der Waals surface area contributed by atoms with Gasteiger partial charge in [0.2, 0.25) is 0 Å². The normalized spacial score (nSPS) is 25.5. The minimum absolute atomic E-state index is 0.111. The average molecular weight is 692 g/mol. The van der Waals surface area contributed by atoms with E-state index in [1.807, 2.05) is 4.90 Å². The van der Waals surface area contributed by atoms with Crippen LogP contribution >= 0.6 is 0 Å². The number of phenolic OH excluding ortho intramolecular Hbond substituents is 1. The van der Waals surface area contributed by atoms with E-state index in [0.29, 0.717) is 19.1 Å². The van der Waals surface area contributed by atoms with Crippen LogP contribution in [0.25, 0.3) is 32.8 Å². The summed E-state index contributed by atoms with van der Waals surface area (Å²) in [5.74, 6) is -0.236. The lowest BCUT2D eigenvalue weighted by Gasteiger charge is -2.34. The van der Waals surface area contributed by atoms with E-state index in [0.717, 1.165) is 70.0 Å². The van der Waals surface area contributed by atoms with Crippen molar-refractivity contribution in [1.82, 2.24) is 20.2 Å². The first-order chi connectivity index (χ1) is 24.0. The van der Waals surface area contributed by atoms with Crippen LogP contribution in [0.3, 0.4) is 0 Å². The Labute approximate surface area is 284 Å². The standard InChI is InChI=1S/C37H34F5N5O3/c1-2-25-29(38)6-3-19-9-23(48)11-26(30(19)25)31-28(37(40,41)42)12-27-33(32(31)39)44-35(45-34(27)46-13-20-4-5-21(14-46)43-20)50-18-36(7-8-36)17-47-15-24-10-22(47)16-49-24/h1,3,6,9,11-12,20-22,24,43,48H,4-5,7-8,10,13-18H2/t20?,21?,22-,24-/m1/s1. The number of phenols is 1. The summed E-state index contributed by atoms with van der Waals surface area (Å²) in [5, 5.41) is 14.0. The van der Waals surface area contributed by atoms with Crippen molar-refractivity contribution in [3.63, 3.8) is 0 Å². The van der Waals surface area contributed by atoms with E-state index in [1.165, 1.54) is 12.1 Å². The van der Waals surface area contributed by atoms with Gasteiger partial charge in [-0.3, -0.25) is 4.90 Å². The number of aromatic nitrogens is 2. The second-order valence-electron chi connectivity index (χ2n) is 14.6. The molecule has 5 heterocycles. The van der Waals surface area contributed by atoms with Gasteiger partial charge in [0.05, 0.1) is 30.4 Å². The van der Waals surface area contributed by atoms with Crippen LogP contribution < -0.4 is 15.0 Å². The quantitative estimate of drug-likeness (QED) is 0.180. The van der Waals surface area contributed by atoms with Gasteiger partial charge in [0.15, 0.2) is 5.82 Å². The maximum Gasteiger partial charge on any atom is 0.417 e. The van der Waals surface area contributed by atoms with Crippen LogP contribution in [0.15, 0.2) is 30.3 Å². The number of piperazine rings is 1. The Morgan fingerprint density at radius 3 is 2.52 bits per heavy atom. The molecule has 13 heteroatoms. The minimum Gasteiger partial charge on any atom is -0.508 e. The predicted molar refractivity (Wildman–Crippen MR) is 176 cm³/mol. The number of rotatable bonds is 7. The van der Waals surface area contributed by atoms with Crippen LogP contribution in [-0.4, -0.2) is 83.6 Å². The summed E-state index contributed by atoms with van der Waals surface area (Å²) in [5.41, 5.74) is -3.46. The van der Waals surface area contributed by atoms with E-state index in [1.54, 1.807) is 0 Å². The molecule has 5 fully saturated rings. The number of benzene rings is 3. The third kappa shape index (κ3) is 5.31. The molecule has 2 N–H and O–H groups in total. The van der Waals surface area contributed by atoms with Gasteiger partial charge >= 0.3 is 12.2 Å². The molecule has 4 aliphatic heterocycles. The van der Waals surface area contributed by atoms with Gasteiger partial charge in [0.25, 0.3) is 0 Å². The van der Waals surface area contributed by atoms with Gasteiger partial charge in [-0.05, 0) is 67.3 Å². The summed E-state index contributed by atoms with van der Waals surface area (Å²) in [7, 11) is 0. The number of hydrogen-bond acceptors (Lipinski definition) is 8. The number of hydrogen-bond donors (Lipinski definition) is 2. The number of aromatic hydroxyl groups is 1. The van der Waals surface area contributed by atoms with E-state index in [-0.39, 0.29) is 69.3 Å². The van der Waals surface area contributed by atoms with Crippen LogP contribution in [0.1, 0.15) is 43.2 Å². The van der Waals surface area contributed by atoms with Crippen molar-refractivity contribution in [3.05, 3.63) is 53.1 Å². The predicted octanol–water partition coefficient (Wildman–Crippen LogP) is 6.01. The summed E-state index contributed by atoms with van der Waals surface area (Å²) in [6.07, 6.45) is 5.54. The van der Waals surface area contributed by atoms with Crippen LogP contribution in [0.5, 0.6) is 11.8 Å². The highest BCUT2D eigenvalue weighted by molar-refractivity contribution is 6.05. The molecule has 1 aliphatic carbocycles. The molecule has 50 heavy (non-hydrogen) atoms. The first-order valence-electron chi connectivity index (χ1n) is 17.0. The number of alkyl halides is 3. The zero-order valence-corrected chi connectivity index (χ0v) is 27.0. The number of ether oxygens (including phenoxy) is 2. The average Bonchev–Trinajstić information content (AvgIpc) is 3.33. The molecule has 4 saturated heterocycles. The summed E-state index contributed by atoms with van der Waals surface area (Å²) < 4.78 is 89.2. The summed E-state index contributed by atoms with van der Waals surface area (Å²) in [4.78, 5) is 13.4. The lowest BCUT2D eigenvalue weighted by atomic mass is 9.89. The number of anilines is 1. The van der Waals surface area contributed by atoms with Crippen molar-refractivity contribution in [2.45, 2.75) is 62.5 Å². The molecule has 0 spiro atoms. The van der Waals surface area contributed by atoms with Crippen molar-refractivity contribution < 1.29 is 36.5 Å². The number of nitrogens with one attached hydrogen (secondary N) is 1. The molecule has 2 unspecified atom stereocenters. The van der Waals surface area contributed by atoms with E-state index in [4.69, 9.17) is 15.9 Å². The van der Waals surface area contributed by atoms with Gasteiger partial charge in [0, 0.05) is 66.1 Å². The zero-order valence-electron chi connectivity index (χ0n) is 27.0. The minimum atomic E-state index is -5.06. The monoisotopic (exact) mass is 691 g/mol. The number of terminal acetylenes is 1. The third-order valence-electron chi connectivity index (χ3n) is 11.2. The lowest BCUT2D eigenvalue weighted by molar-refractivity contribution is -0.137. The Hall–Kier alpha value is -4.25. The third-order valence-corrected chi connectivity index (χ3v) is 11.2. The van der Waals surface area contributed by atoms with E-state index in [9.17, 15) is 9.50 Å². The van der Waals surface area contributed by atoms with Crippen molar-refractivity contribution in [2.75, 3.05) is 44.3 Å². The largest absolute Gasteiger partial charge is 0.508 e. The van der Waals surface area contributed by atoms with Crippen LogP contribution in [-0.2, 0) is 10.9 Å². The number of likely N-dealkylation sites (tertiary alicyclic amines) is 1. The molecule has 4 atom stereocenters. The number of nitrogens with zero attached hydrogens (tertiary/aromatic N) is 4. The maximum absolute atomic E-state index is 17.2. The molecule has 1 aromatic heterocycles. The molecular formula is C37H34F5N5O3. The molecule has 9 rings (SSSR count). The maximum atomic E-state index is 17.2. The molecule has 8 nitrogen and oxygen atoms in total. The molecule has 4 aromatic rings. The highest BCUT2D eigenvalue weighted by Crippen LogP contribution is 2.49. The molecule has 1 saturated carbocycles. The Morgan fingerprint density at radius 1 is 1.08 bits per heavy atom. The van der Waals surface area contributed by atoms with E-state index >= 15 is 17.6 Å². The smallest absolute Gasteiger partial charge is 0.417 e. The van der Waals surface area contributed by atoms with Crippen LogP contribution in [0.2, 0.25) is 0 Å². The van der Waals surface area contributed by atoms with Crippen molar-refractivity contribution >= 4 is 27.5 Å². The Morgan fingerprint density at radius 2 is 1.86 bits per heavy atom. The SMILES string of the molecule is C#Cc1c(F)ccc2cc(O)cc(-c3c(C(F)(F)F)cc4c(N5CC6CCC(C5)N6)nc(OCC5(CN6C[C@H]7C[C@@H]6CO7)CC5)nc4c3F)c12. The second-order valence-corrected chi connectivity index (χ2v) is 14.6. The van der Waals surface area contributed by atoms with Gasteiger partial charge in [-0.15, -0.1) is 6.42 Å². The fourth-order valence-corrected chi connectivity index (χ4v) is 8.56. The van der Waals surface area contributed by atoms with Gasteiger partial charge < -0.3 is 24.8 Å². The van der Waals surface area contributed by atoms with Crippen LogP contribution in [0, 0.1) is 29.4 Å². The van der Waals surface area contributed by atoms with Crippen molar-refractivity contribution in [3.8, 4) is 35.2 Å². The molecule has 0 amide bonds. The molecular weight excluding hydrogens is 657 g/mol. The molecule has 4 bridgehead atoms. The van der Waals surface area contributed by atoms with Gasteiger partial charge in [0.1, 0.15) is 22.9 Å². The Bertz CT molecular complexity index is 2080. The fourth-order valence-electron chi connectivity index (χ4n) is 8.56. The Balaban J connectivity index is 1.20. The fraction of sp³-hybridized carbons (Fsp3) is 0.459. The first-order valence-corrected chi connectivity index (χ1v) is 17.0. The summed E-state index contributed by atoms with van der Waals surface area (Å²) >= 11 is 0. The van der Waals surface area contributed by atoms with E-state index in [2.05, 4.69) is 26.1 Å². The second kappa shape index (κ2) is 11.4. The van der Waals surface area contributed by atoms with Crippen molar-refractivity contribution in [1.29, 1.82) is 0 Å². The summed E-state index contributed by atoms with van der Waals surface area (Å²) in [6.45, 7) is 3.63. The zero-order chi connectivity index (χ0) is 34.5. The highest BCUT2D eigenvalue weighted by Gasteiger charge is 2.49. The number of halogens is 5. The highest BCUT2D eigenvalue weighted by atomic mass is 19.4. The summed E-state index contributed by atoms with van der Waals surface area (Å²) in [6, 6.07) is 5.88. The number of morpholine rings is 1. The van der Waals surface area contributed by atoms with E-state index < -0.39 is 40.3 Å². The van der Waals surface area contributed by atoms with Gasteiger partial charge in [-0.25, -0.2) is 8.78 Å². The van der Waals surface area contributed by atoms with Gasteiger partial charge in [-0.2, -0.15) is 23.1 Å². The van der Waals surface area contributed by atoms with Crippen molar-refractivity contribution in [2.24, 2.45) is 5.41 Å². The Kier molecular flexibility index (Phi) is 7.22. The van der Waals surface area contributed by atoms with Gasteiger partial charge in [-0.1, -0.05) is 12.0 Å². The molecule has 5 aliphatic rings. The number of fused-ring (bicyclic) bond motifs is 6. The molecule has 0 radical (unpaired) electrons. The molecule has 260 valence electrons. The van der Waals surface area contributed by atoms with Crippen LogP contribution in [0.4, 0.5) is 27.8 Å². The lowest BCUT2D eigenvalue weighted by Crippen LogP contribution is -2.51.